The van der Waals surface area contributed by atoms with Crippen molar-refractivity contribution < 1.29 is 23.7 Å². The molecule has 0 bridgehead atoms. The molecule has 27 heavy (non-hydrogen) atoms. The van der Waals surface area contributed by atoms with Gasteiger partial charge in [0.25, 0.3) is 0 Å². The predicted molar refractivity (Wildman–Crippen MR) is 94.8 cm³/mol. The summed E-state index contributed by atoms with van der Waals surface area (Å²) in [5, 5.41) is 0. The van der Waals surface area contributed by atoms with E-state index in [1.807, 2.05) is 0 Å². The van der Waals surface area contributed by atoms with E-state index in [-0.39, 0.29) is 52.4 Å². The summed E-state index contributed by atoms with van der Waals surface area (Å²) >= 11 is 0. The lowest BCUT2D eigenvalue weighted by atomic mass is 9.44. The van der Waals surface area contributed by atoms with Gasteiger partial charge in [-0.05, 0) is 36.2 Å². The Morgan fingerprint density at radius 2 is 1.89 bits per heavy atom. The van der Waals surface area contributed by atoms with Crippen LogP contribution in [0.2, 0.25) is 0 Å². The van der Waals surface area contributed by atoms with Crippen LogP contribution in [0.3, 0.4) is 0 Å². The fraction of sp³-hybridized carbons (Fsp3) is 0.864. The Morgan fingerprint density at radius 3 is 2.63 bits per heavy atom. The van der Waals surface area contributed by atoms with E-state index in [0.29, 0.717) is 24.4 Å². The first-order valence-corrected chi connectivity index (χ1v) is 10.7. The molecule has 146 valence electrons. The first-order valence-electron chi connectivity index (χ1n) is 10.7. The van der Waals surface area contributed by atoms with Crippen molar-refractivity contribution in [1.29, 1.82) is 0 Å². The van der Waals surface area contributed by atoms with Gasteiger partial charge in [0, 0.05) is 16.9 Å². The average Bonchev–Trinajstić information content (AvgIpc) is 3.48. The van der Waals surface area contributed by atoms with Crippen LogP contribution in [0.5, 0.6) is 0 Å². The zero-order chi connectivity index (χ0) is 18.7. The number of carbonyl (C=O) groups excluding carboxylic acids is 1. The van der Waals surface area contributed by atoms with Crippen LogP contribution in [0.4, 0.5) is 0 Å². The van der Waals surface area contributed by atoms with E-state index in [0.717, 1.165) is 18.4 Å². The molecule has 4 heterocycles. The standard InChI is InChI=1S/C22H28O5/c1-9(2)20-11(4)21-14(25-21)6-13-12-8-24-18(23)15(12)10(3)7-19(13,5)22(21)17(27-22)16(20)26-20/h9-11,13-14,16-17H,6-8H2,1-5H3/t10?,11?,13-,14-,16-,17-,19-,20+,21-,22+/m0/s1. The Labute approximate surface area is 159 Å². The van der Waals surface area contributed by atoms with Crippen molar-refractivity contribution in [3.05, 3.63) is 11.1 Å². The molecule has 5 nitrogen and oxygen atoms in total. The smallest absolute Gasteiger partial charge is 0.334 e. The lowest BCUT2D eigenvalue weighted by Gasteiger charge is -2.55. The zero-order valence-electron chi connectivity index (χ0n) is 16.7. The third kappa shape index (κ3) is 1.28. The minimum Gasteiger partial charge on any atom is -0.458 e. The topological polar surface area (TPSA) is 63.9 Å². The predicted octanol–water partition coefficient (Wildman–Crippen LogP) is 2.62. The largest absolute Gasteiger partial charge is 0.458 e. The van der Waals surface area contributed by atoms with E-state index in [2.05, 4.69) is 34.6 Å². The number of epoxide rings is 3. The molecule has 3 aliphatic carbocycles. The number of carbonyl (C=O) groups is 1. The molecule has 3 saturated heterocycles. The lowest BCUT2D eigenvalue weighted by Crippen LogP contribution is -2.66. The van der Waals surface area contributed by atoms with E-state index >= 15 is 0 Å². The van der Waals surface area contributed by atoms with Gasteiger partial charge in [-0.25, -0.2) is 4.79 Å². The Kier molecular flexibility index (Phi) is 2.38. The number of hydrogen-bond donors (Lipinski definition) is 0. The molecule has 0 N–H and O–H groups in total. The van der Waals surface area contributed by atoms with Gasteiger partial charge in [0.15, 0.2) is 0 Å². The first-order chi connectivity index (χ1) is 12.8. The Hall–Kier alpha value is -0.910. The quantitative estimate of drug-likeness (QED) is 0.523. The van der Waals surface area contributed by atoms with Gasteiger partial charge in [-0.15, -0.1) is 0 Å². The fourth-order valence-corrected chi connectivity index (χ4v) is 8.78. The summed E-state index contributed by atoms with van der Waals surface area (Å²) in [6.45, 7) is 11.9. The third-order valence-corrected chi connectivity index (χ3v) is 9.85. The molecule has 0 amide bonds. The summed E-state index contributed by atoms with van der Waals surface area (Å²) in [6, 6.07) is 0. The van der Waals surface area contributed by atoms with Crippen LogP contribution >= 0.6 is 0 Å². The van der Waals surface area contributed by atoms with E-state index in [4.69, 9.17) is 18.9 Å². The minimum atomic E-state index is -0.259. The van der Waals surface area contributed by atoms with Crippen LogP contribution in [0.15, 0.2) is 11.1 Å². The number of rotatable bonds is 1. The monoisotopic (exact) mass is 372 g/mol. The molecule has 4 aliphatic heterocycles. The SMILES string of the molecule is CC1C[C@@]2(C)[C@@H](C[C@@H]3O[C@@]34C(C)[C@@]3(C(C)C)O[C@H]3[C@@H]3O[C@]324)C2=C1C(=O)OC2. The minimum absolute atomic E-state index is 0.0275. The van der Waals surface area contributed by atoms with Crippen LogP contribution in [0, 0.1) is 29.1 Å². The molecular weight excluding hydrogens is 344 g/mol. The molecule has 5 fully saturated rings. The van der Waals surface area contributed by atoms with E-state index in [1.165, 1.54) is 5.57 Å². The maximum atomic E-state index is 12.3. The second-order valence-corrected chi connectivity index (χ2v) is 10.8. The summed E-state index contributed by atoms with van der Waals surface area (Å²) < 4.78 is 25.2. The van der Waals surface area contributed by atoms with Crippen molar-refractivity contribution in [2.45, 2.75) is 82.6 Å². The number of fused-ring (bicyclic) bond motifs is 4. The van der Waals surface area contributed by atoms with Crippen LogP contribution in [0.1, 0.15) is 47.5 Å². The Morgan fingerprint density at radius 1 is 1.11 bits per heavy atom. The van der Waals surface area contributed by atoms with Gasteiger partial charge in [-0.2, -0.15) is 0 Å². The van der Waals surface area contributed by atoms with Gasteiger partial charge in [0.1, 0.15) is 35.6 Å². The molecule has 0 aromatic heterocycles. The normalized spacial score (nSPS) is 64.0. The zero-order valence-corrected chi connectivity index (χ0v) is 16.7. The summed E-state index contributed by atoms with van der Waals surface area (Å²) in [7, 11) is 0. The molecule has 7 aliphatic rings. The van der Waals surface area contributed by atoms with Gasteiger partial charge in [0.05, 0.1) is 6.10 Å². The maximum absolute atomic E-state index is 12.3. The van der Waals surface area contributed by atoms with Crippen molar-refractivity contribution in [3.8, 4) is 0 Å². The Balaban J connectivity index is 1.40. The summed E-state index contributed by atoms with van der Waals surface area (Å²) in [5.74, 6) is 1.24. The molecule has 2 saturated carbocycles. The van der Waals surface area contributed by atoms with E-state index in [1.54, 1.807) is 0 Å². The highest BCUT2D eigenvalue weighted by atomic mass is 16.7. The van der Waals surface area contributed by atoms with Gasteiger partial charge in [-0.1, -0.05) is 34.6 Å². The molecular formula is C22H28O5. The van der Waals surface area contributed by atoms with Crippen LogP contribution < -0.4 is 0 Å². The average molecular weight is 372 g/mol. The highest BCUT2D eigenvalue weighted by molar-refractivity contribution is 5.93. The molecule has 2 spiro atoms. The Bertz CT molecular complexity index is 848. The number of ether oxygens (including phenoxy) is 4. The summed E-state index contributed by atoms with van der Waals surface area (Å²) in [5.41, 5.74) is 1.60. The molecule has 2 unspecified atom stereocenters. The number of cyclic esters (lactones) is 1. The van der Waals surface area contributed by atoms with E-state index in [9.17, 15) is 4.79 Å². The molecule has 0 aromatic carbocycles. The molecule has 5 heteroatoms. The fourth-order valence-electron chi connectivity index (χ4n) is 8.78. The first kappa shape index (κ1) is 15.9. The van der Waals surface area contributed by atoms with Crippen molar-refractivity contribution in [1.82, 2.24) is 0 Å². The lowest BCUT2D eigenvalue weighted by molar-refractivity contribution is -0.136. The van der Waals surface area contributed by atoms with Gasteiger partial charge in [0.2, 0.25) is 0 Å². The van der Waals surface area contributed by atoms with Gasteiger partial charge in [-0.3, -0.25) is 0 Å². The van der Waals surface area contributed by atoms with Crippen molar-refractivity contribution in [2.24, 2.45) is 29.1 Å². The molecule has 0 radical (unpaired) electrons. The summed E-state index contributed by atoms with van der Waals surface area (Å²) in [6.07, 6.45) is 2.51. The van der Waals surface area contributed by atoms with Crippen molar-refractivity contribution in [3.63, 3.8) is 0 Å². The summed E-state index contributed by atoms with van der Waals surface area (Å²) in [4.78, 5) is 12.3. The molecule has 7 rings (SSSR count). The highest BCUT2D eigenvalue weighted by Gasteiger charge is 2.99. The number of hydrogen-bond acceptors (Lipinski definition) is 5. The molecule has 10 atom stereocenters. The second kappa shape index (κ2) is 4.03. The third-order valence-electron chi connectivity index (χ3n) is 9.85. The number of esters is 1. The van der Waals surface area contributed by atoms with Crippen molar-refractivity contribution in [2.75, 3.05) is 6.61 Å². The van der Waals surface area contributed by atoms with Crippen molar-refractivity contribution >= 4 is 5.97 Å². The van der Waals surface area contributed by atoms with E-state index < -0.39 is 0 Å². The van der Waals surface area contributed by atoms with Gasteiger partial charge < -0.3 is 18.9 Å². The second-order valence-electron chi connectivity index (χ2n) is 10.8. The van der Waals surface area contributed by atoms with Crippen LogP contribution in [-0.2, 0) is 23.7 Å². The van der Waals surface area contributed by atoms with Crippen LogP contribution in [-0.4, -0.2) is 47.7 Å². The molecule has 0 aromatic rings. The van der Waals surface area contributed by atoms with Crippen LogP contribution in [0.25, 0.3) is 0 Å². The van der Waals surface area contributed by atoms with Gasteiger partial charge >= 0.3 is 5.97 Å². The maximum Gasteiger partial charge on any atom is 0.334 e. The highest BCUT2D eigenvalue weighted by Crippen LogP contribution is 2.84.